The highest BCUT2D eigenvalue weighted by Crippen LogP contribution is 2.23. The van der Waals surface area contributed by atoms with Gasteiger partial charge in [-0.1, -0.05) is 31.5 Å². The molecule has 114 valence electrons. The molecule has 4 nitrogen and oxygen atoms in total. The molecule has 0 spiro atoms. The van der Waals surface area contributed by atoms with Crippen LogP contribution < -0.4 is 10.0 Å². The van der Waals surface area contributed by atoms with Crippen molar-refractivity contribution in [3.05, 3.63) is 45.6 Å². The fourth-order valence-electron chi connectivity index (χ4n) is 1.66. The third-order valence-corrected chi connectivity index (χ3v) is 5.38. The minimum absolute atomic E-state index is 0.271. The molecule has 2 N–H and O–H groups in total. The highest BCUT2D eigenvalue weighted by Gasteiger charge is 2.16. The zero-order valence-electron chi connectivity index (χ0n) is 11.8. The molecule has 2 aromatic rings. The molecule has 0 aliphatic heterocycles. The van der Waals surface area contributed by atoms with Gasteiger partial charge in [0.25, 0.3) is 10.0 Å². The van der Waals surface area contributed by atoms with Crippen molar-refractivity contribution >= 4 is 38.6 Å². The van der Waals surface area contributed by atoms with E-state index in [4.69, 9.17) is 11.6 Å². The van der Waals surface area contributed by atoms with Gasteiger partial charge in [-0.3, -0.25) is 4.72 Å². The van der Waals surface area contributed by atoms with Crippen molar-refractivity contribution in [1.29, 1.82) is 0 Å². The second-order valence-electron chi connectivity index (χ2n) is 4.90. The number of sulfonamides is 1. The van der Waals surface area contributed by atoms with E-state index in [1.807, 2.05) is 13.8 Å². The molecule has 0 atom stereocenters. The number of rotatable bonds is 6. The molecule has 0 bridgehead atoms. The van der Waals surface area contributed by atoms with Crippen LogP contribution in [0.15, 0.2) is 40.6 Å². The highest BCUT2D eigenvalue weighted by atomic mass is 35.5. The van der Waals surface area contributed by atoms with Crippen LogP contribution in [0.1, 0.15) is 18.7 Å². The topological polar surface area (TPSA) is 58.2 Å². The molecule has 0 unspecified atom stereocenters. The van der Waals surface area contributed by atoms with Gasteiger partial charge in [-0.25, -0.2) is 8.42 Å². The molecule has 1 aromatic carbocycles. The first kappa shape index (κ1) is 16.3. The lowest BCUT2D eigenvalue weighted by Crippen LogP contribution is -2.21. The quantitative estimate of drug-likeness (QED) is 0.840. The fraction of sp³-hybridized carbons (Fsp3) is 0.286. The van der Waals surface area contributed by atoms with Crippen molar-refractivity contribution in [3.63, 3.8) is 0 Å². The Labute approximate surface area is 134 Å². The van der Waals surface area contributed by atoms with E-state index in [0.29, 0.717) is 23.3 Å². The molecule has 1 heterocycles. The van der Waals surface area contributed by atoms with E-state index in [2.05, 4.69) is 10.0 Å². The average Bonchev–Trinajstić information content (AvgIpc) is 2.85. The van der Waals surface area contributed by atoms with E-state index in [9.17, 15) is 8.42 Å². The number of halogens is 1. The normalized spacial score (nSPS) is 11.8. The smallest absolute Gasteiger partial charge is 0.262 e. The Morgan fingerprint density at radius 1 is 1.29 bits per heavy atom. The first-order valence-corrected chi connectivity index (χ1v) is 9.20. The van der Waals surface area contributed by atoms with Crippen LogP contribution in [-0.2, 0) is 16.6 Å². The number of anilines is 1. The first-order chi connectivity index (χ1) is 9.87. The monoisotopic (exact) mass is 344 g/mol. The number of thiophene rings is 1. The first-order valence-electron chi connectivity index (χ1n) is 6.46. The minimum atomic E-state index is -3.57. The van der Waals surface area contributed by atoms with Crippen molar-refractivity contribution in [2.75, 3.05) is 4.72 Å². The molecule has 0 saturated heterocycles. The van der Waals surface area contributed by atoms with Crippen LogP contribution in [0.2, 0.25) is 5.02 Å². The second kappa shape index (κ2) is 6.79. The zero-order chi connectivity index (χ0) is 15.5. The van der Waals surface area contributed by atoms with Crippen LogP contribution in [-0.4, -0.2) is 14.5 Å². The second-order valence-corrected chi connectivity index (χ2v) is 8.01. The molecule has 1 aromatic heterocycles. The maximum absolute atomic E-state index is 12.3. The van der Waals surface area contributed by atoms with E-state index < -0.39 is 10.0 Å². The van der Waals surface area contributed by atoms with Gasteiger partial charge in [0.05, 0.1) is 10.6 Å². The van der Waals surface area contributed by atoms with E-state index in [1.165, 1.54) is 11.3 Å². The minimum Gasteiger partial charge on any atom is -0.310 e. The summed E-state index contributed by atoms with van der Waals surface area (Å²) in [6, 6.07) is 8.68. The van der Waals surface area contributed by atoms with Crippen LogP contribution >= 0.6 is 22.9 Å². The lowest BCUT2D eigenvalue weighted by molar-refractivity contribution is 0.592. The summed E-state index contributed by atoms with van der Waals surface area (Å²) in [4.78, 5) is 1.25. The van der Waals surface area contributed by atoms with E-state index in [0.717, 1.165) is 4.88 Å². The highest BCUT2D eigenvalue weighted by molar-refractivity contribution is 7.92. The number of benzene rings is 1. The molecule has 2 rings (SSSR count). The van der Waals surface area contributed by atoms with Gasteiger partial charge in [0.15, 0.2) is 0 Å². The van der Waals surface area contributed by atoms with E-state index >= 15 is 0 Å². The van der Waals surface area contributed by atoms with Gasteiger partial charge < -0.3 is 5.32 Å². The van der Waals surface area contributed by atoms with Crippen LogP contribution in [0.3, 0.4) is 0 Å². The van der Waals surface area contributed by atoms with Gasteiger partial charge >= 0.3 is 0 Å². The van der Waals surface area contributed by atoms with E-state index in [-0.39, 0.29) is 4.90 Å². The Kier molecular flexibility index (Phi) is 5.27. The fourth-order valence-corrected chi connectivity index (χ4v) is 4.13. The third-order valence-electron chi connectivity index (χ3n) is 2.70. The molecular formula is C14H17ClN2O2S2. The van der Waals surface area contributed by atoms with Crippen molar-refractivity contribution in [2.45, 2.75) is 31.3 Å². The van der Waals surface area contributed by atoms with Gasteiger partial charge in [-0.15, -0.1) is 11.3 Å². The molecule has 21 heavy (non-hydrogen) atoms. The Hall–Kier alpha value is -1.08. The summed E-state index contributed by atoms with van der Waals surface area (Å²) in [5.74, 6) is 0. The molecule has 0 fully saturated rings. The van der Waals surface area contributed by atoms with Crippen LogP contribution in [0, 0.1) is 0 Å². The summed E-state index contributed by atoms with van der Waals surface area (Å²) in [5.41, 5.74) is 0.454. The lowest BCUT2D eigenvalue weighted by Gasteiger charge is -2.07. The molecule has 0 saturated carbocycles. The molecule has 0 aliphatic carbocycles. The van der Waals surface area contributed by atoms with Gasteiger partial charge in [0, 0.05) is 27.9 Å². The lowest BCUT2D eigenvalue weighted by atomic mass is 10.3. The molecule has 0 aliphatic rings. The zero-order valence-corrected chi connectivity index (χ0v) is 14.1. The molecule has 0 amide bonds. The van der Waals surface area contributed by atoms with Crippen molar-refractivity contribution in [3.8, 4) is 0 Å². The maximum atomic E-state index is 12.3. The summed E-state index contributed by atoms with van der Waals surface area (Å²) in [6.07, 6.45) is 0. The Balaban J connectivity index is 2.12. The van der Waals surface area contributed by atoms with Gasteiger partial charge in [0.1, 0.15) is 0 Å². The number of hydrogen-bond acceptors (Lipinski definition) is 4. The van der Waals surface area contributed by atoms with Crippen molar-refractivity contribution in [2.24, 2.45) is 0 Å². The van der Waals surface area contributed by atoms with Crippen LogP contribution in [0.5, 0.6) is 0 Å². The van der Waals surface area contributed by atoms with E-state index in [1.54, 1.807) is 35.7 Å². The van der Waals surface area contributed by atoms with Crippen LogP contribution in [0.25, 0.3) is 0 Å². The van der Waals surface area contributed by atoms with Crippen molar-refractivity contribution < 1.29 is 8.42 Å². The average molecular weight is 345 g/mol. The molecular weight excluding hydrogens is 328 g/mol. The van der Waals surface area contributed by atoms with Crippen molar-refractivity contribution in [1.82, 2.24) is 5.32 Å². The standard InChI is InChI=1S/C14H17ClN2O2S2/c1-10(2)16-8-13-7-14(9-20-13)21(18,19)17-12-5-3-4-11(15)6-12/h3-7,9-10,16-17H,8H2,1-2H3. The predicted molar refractivity (Wildman–Crippen MR) is 88.6 cm³/mol. The Morgan fingerprint density at radius 3 is 2.71 bits per heavy atom. The summed E-state index contributed by atoms with van der Waals surface area (Å²) < 4.78 is 27.1. The van der Waals surface area contributed by atoms with Crippen LogP contribution in [0.4, 0.5) is 5.69 Å². The summed E-state index contributed by atoms with van der Waals surface area (Å²) in [6.45, 7) is 4.76. The SMILES string of the molecule is CC(C)NCc1cc(S(=O)(=O)Nc2cccc(Cl)c2)cs1. The van der Waals surface area contributed by atoms with Gasteiger partial charge in [-0.05, 0) is 24.3 Å². The summed E-state index contributed by atoms with van der Waals surface area (Å²) in [5, 5.41) is 5.39. The number of nitrogens with one attached hydrogen (secondary N) is 2. The number of hydrogen-bond donors (Lipinski definition) is 2. The Morgan fingerprint density at radius 2 is 2.05 bits per heavy atom. The summed E-state index contributed by atoms with van der Waals surface area (Å²) >= 11 is 7.28. The predicted octanol–water partition coefficient (Wildman–Crippen LogP) is 3.70. The molecule has 0 radical (unpaired) electrons. The van der Waals surface area contributed by atoms with Gasteiger partial charge in [-0.2, -0.15) is 0 Å². The summed E-state index contributed by atoms with van der Waals surface area (Å²) in [7, 11) is -3.57. The van der Waals surface area contributed by atoms with Gasteiger partial charge in [0.2, 0.25) is 0 Å². The maximum Gasteiger partial charge on any atom is 0.262 e. The molecule has 7 heteroatoms. The largest absolute Gasteiger partial charge is 0.310 e. The Bertz CT molecular complexity index is 711. The third kappa shape index (κ3) is 4.71.